The van der Waals surface area contributed by atoms with E-state index in [9.17, 15) is 4.79 Å². The molecule has 0 radical (unpaired) electrons. The van der Waals surface area contributed by atoms with E-state index in [1.807, 2.05) is 35.9 Å². The van der Waals surface area contributed by atoms with Crippen molar-refractivity contribution in [3.8, 4) is 0 Å². The van der Waals surface area contributed by atoms with Gasteiger partial charge in [0.1, 0.15) is 5.76 Å². The van der Waals surface area contributed by atoms with Crippen LogP contribution >= 0.6 is 0 Å². The molecule has 2 aromatic rings. The van der Waals surface area contributed by atoms with Crippen LogP contribution in [0, 0.1) is 5.41 Å². The first-order chi connectivity index (χ1) is 10.4. The smallest absolute Gasteiger partial charge is 0.276 e. The Morgan fingerprint density at radius 3 is 2.91 bits per heavy atom. The summed E-state index contributed by atoms with van der Waals surface area (Å²) in [5, 5.41) is 4.26. The SMILES string of the molecule is CCc1ocnc1C(=O)N1CC(c2cnn(C)c2)C(C)(C)C1. The largest absolute Gasteiger partial charge is 0.448 e. The van der Waals surface area contributed by atoms with Gasteiger partial charge in [-0.2, -0.15) is 5.10 Å². The normalized spacial score (nSPS) is 20.5. The summed E-state index contributed by atoms with van der Waals surface area (Å²) in [6, 6.07) is 0. The number of rotatable bonds is 3. The topological polar surface area (TPSA) is 64.2 Å². The first-order valence-corrected chi connectivity index (χ1v) is 7.62. The molecule has 1 aliphatic rings. The average Bonchev–Trinajstić information content (AvgIpc) is 3.15. The third-order valence-corrected chi connectivity index (χ3v) is 4.52. The van der Waals surface area contributed by atoms with Gasteiger partial charge in [0.2, 0.25) is 0 Å². The van der Waals surface area contributed by atoms with Crippen LogP contribution in [0.3, 0.4) is 0 Å². The summed E-state index contributed by atoms with van der Waals surface area (Å²) in [5.41, 5.74) is 1.64. The highest BCUT2D eigenvalue weighted by atomic mass is 16.3. The number of nitrogens with zero attached hydrogens (tertiary/aromatic N) is 4. The van der Waals surface area contributed by atoms with Crippen molar-refractivity contribution in [1.82, 2.24) is 19.7 Å². The van der Waals surface area contributed by atoms with Crippen molar-refractivity contribution >= 4 is 5.91 Å². The lowest BCUT2D eigenvalue weighted by Gasteiger charge is -2.24. The van der Waals surface area contributed by atoms with Gasteiger partial charge in [-0.1, -0.05) is 20.8 Å². The monoisotopic (exact) mass is 302 g/mol. The van der Waals surface area contributed by atoms with Crippen LogP contribution in [0.15, 0.2) is 23.2 Å². The summed E-state index contributed by atoms with van der Waals surface area (Å²) in [4.78, 5) is 18.7. The van der Waals surface area contributed by atoms with E-state index in [4.69, 9.17) is 4.42 Å². The maximum atomic E-state index is 12.7. The molecular weight excluding hydrogens is 280 g/mol. The maximum absolute atomic E-state index is 12.7. The predicted octanol–water partition coefficient (Wildman–Crippen LogP) is 2.24. The van der Waals surface area contributed by atoms with Crippen molar-refractivity contribution in [2.75, 3.05) is 13.1 Å². The molecule has 6 heteroatoms. The molecule has 2 aromatic heterocycles. The fourth-order valence-electron chi connectivity index (χ4n) is 3.31. The number of amides is 1. The maximum Gasteiger partial charge on any atom is 0.276 e. The summed E-state index contributed by atoms with van der Waals surface area (Å²) in [6.45, 7) is 7.75. The van der Waals surface area contributed by atoms with Gasteiger partial charge in [-0.3, -0.25) is 9.48 Å². The van der Waals surface area contributed by atoms with E-state index < -0.39 is 0 Å². The molecule has 1 unspecified atom stereocenters. The molecule has 0 spiro atoms. The molecule has 22 heavy (non-hydrogen) atoms. The van der Waals surface area contributed by atoms with E-state index in [0.29, 0.717) is 31.0 Å². The van der Waals surface area contributed by atoms with Gasteiger partial charge in [0.25, 0.3) is 5.91 Å². The van der Waals surface area contributed by atoms with E-state index in [0.717, 1.165) is 0 Å². The molecule has 1 saturated heterocycles. The average molecular weight is 302 g/mol. The van der Waals surface area contributed by atoms with Crippen LogP contribution < -0.4 is 0 Å². The third kappa shape index (κ3) is 2.42. The lowest BCUT2D eigenvalue weighted by Crippen LogP contribution is -2.31. The van der Waals surface area contributed by atoms with Gasteiger partial charge in [0.05, 0.1) is 6.20 Å². The quantitative estimate of drug-likeness (QED) is 0.872. The summed E-state index contributed by atoms with van der Waals surface area (Å²) >= 11 is 0. The van der Waals surface area contributed by atoms with Gasteiger partial charge in [-0.25, -0.2) is 4.98 Å². The van der Waals surface area contributed by atoms with Crippen LogP contribution in [-0.2, 0) is 13.5 Å². The van der Waals surface area contributed by atoms with Gasteiger partial charge in [0.15, 0.2) is 12.1 Å². The van der Waals surface area contributed by atoms with Gasteiger partial charge in [-0.15, -0.1) is 0 Å². The first-order valence-electron chi connectivity index (χ1n) is 7.62. The van der Waals surface area contributed by atoms with E-state index >= 15 is 0 Å². The van der Waals surface area contributed by atoms with Gasteiger partial charge in [0, 0.05) is 38.7 Å². The number of hydrogen-bond acceptors (Lipinski definition) is 4. The molecule has 1 aliphatic heterocycles. The second-order valence-electron chi connectivity index (χ2n) is 6.65. The third-order valence-electron chi connectivity index (χ3n) is 4.52. The highest BCUT2D eigenvalue weighted by Gasteiger charge is 2.43. The number of aromatic nitrogens is 3. The molecule has 3 heterocycles. The second-order valence-corrected chi connectivity index (χ2v) is 6.65. The van der Waals surface area contributed by atoms with Crippen LogP contribution in [0.2, 0.25) is 0 Å². The molecule has 0 saturated carbocycles. The first kappa shape index (κ1) is 14.8. The highest BCUT2D eigenvalue weighted by molar-refractivity contribution is 5.93. The zero-order chi connectivity index (χ0) is 15.9. The molecule has 0 N–H and O–H groups in total. The van der Waals surface area contributed by atoms with Crippen LogP contribution in [0.5, 0.6) is 0 Å². The second kappa shape index (κ2) is 5.26. The van der Waals surface area contributed by atoms with Crippen molar-refractivity contribution in [3.63, 3.8) is 0 Å². The van der Waals surface area contributed by atoms with E-state index in [-0.39, 0.29) is 17.2 Å². The Morgan fingerprint density at radius 1 is 1.50 bits per heavy atom. The number of carbonyl (C=O) groups is 1. The minimum Gasteiger partial charge on any atom is -0.448 e. The Balaban J connectivity index is 1.84. The van der Waals surface area contributed by atoms with Crippen LogP contribution in [0.25, 0.3) is 0 Å². The fourth-order valence-corrected chi connectivity index (χ4v) is 3.31. The Morgan fingerprint density at radius 2 is 2.27 bits per heavy atom. The molecule has 1 fully saturated rings. The van der Waals surface area contributed by atoms with Crippen LogP contribution in [0.1, 0.15) is 48.5 Å². The summed E-state index contributed by atoms with van der Waals surface area (Å²) in [7, 11) is 1.91. The van der Waals surface area contributed by atoms with Crippen molar-refractivity contribution in [2.24, 2.45) is 12.5 Å². The Hall–Kier alpha value is -2.11. The van der Waals surface area contributed by atoms with E-state index in [2.05, 4.69) is 23.9 Å². The van der Waals surface area contributed by atoms with Gasteiger partial charge < -0.3 is 9.32 Å². The highest BCUT2D eigenvalue weighted by Crippen LogP contribution is 2.42. The van der Waals surface area contributed by atoms with E-state index in [1.165, 1.54) is 12.0 Å². The fraction of sp³-hybridized carbons (Fsp3) is 0.562. The zero-order valence-corrected chi connectivity index (χ0v) is 13.5. The number of oxazole rings is 1. The summed E-state index contributed by atoms with van der Waals surface area (Å²) in [5.74, 6) is 0.903. The minimum absolute atomic E-state index is 0.00874. The lowest BCUT2D eigenvalue weighted by atomic mass is 9.79. The number of carbonyl (C=O) groups excluding carboxylic acids is 1. The Kier molecular flexibility index (Phi) is 3.54. The van der Waals surface area contributed by atoms with Crippen molar-refractivity contribution in [1.29, 1.82) is 0 Å². The molecule has 118 valence electrons. The lowest BCUT2D eigenvalue weighted by molar-refractivity contribution is 0.0770. The number of aryl methyl sites for hydroxylation is 2. The summed E-state index contributed by atoms with van der Waals surface area (Å²) in [6.07, 6.45) is 5.96. The molecule has 0 bridgehead atoms. The van der Waals surface area contributed by atoms with Crippen molar-refractivity contribution in [3.05, 3.63) is 35.8 Å². The Bertz CT molecular complexity index is 686. The van der Waals surface area contributed by atoms with Gasteiger partial charge in [-0.05, 0) is 11.0 Å². The molecule has 6 nitrogen and oxygen atoms in total. The Labute approximate surface area is 130 Å². The van der Waals surface area contributed by atoms with Crippen LogP contribution in [0.4, 0.5) is 0 Å². The van der Waals surface area contributed by atoms with Gasteiger partial charge >= 0.3 is 0 Å². The zero-order valence-electron chi connectivity index (χ0n) is 13.5. The standard InChI is InChI=1S/C16H22N4O2/c1-5-13-14(17-10-22-13)15(21)20-8-12(16(2,3)9-20)11-6-18-19(4)7-11/h6-7,10,12H,5,8-9H2,1-4H3. The van der Waals surface area contributed by atoms with Crippen molar-refractivity contribution in [2.45, 2.75) is 33.1 Å². The molecule has 1 atom stereocenters. The number of likely N-dealkylation sites (tertiary alicyclic amines) is 1. The molecule has 3 rings (SSSR count). The number of hydrogen-bond donors (Lipinski definition) is 0. The van der Waals surface area contributed by atoms with Crippen LogP contribution in [-0.4, -0.2) is 38.7 Å². The van der Waals surface area contributed by atoms with E-state index in [1.54, 1.807) is 0 Å². The van der Waals surface area contributed by atoms with Crippen molar-refractivity contribution < 1.29 is 9.21 Å². The molecule has 0 aliphatic carbocycles. The molecular formula is C16H22N4O2. The minimum atomic E-state index is -0.0370. The molecule has 0 aromatic carbocycles. The molecule has 1 amide bonds. The summed E-state index contributed by atoms with van der Waals surface area (Å²) < 4.78 is 7.10. The predicted molar refractivity (Wildman–Crippen MR) is 81.5 cm³/mol.